The number of phenolic OH excluding ortho intramolecular Hbond substituents is 1. The monoisotopic (exact) mass is 359 g/mol. The van der Waals surface area contributed by atoms with Crippen LogP contribution in [0.2, 0.25) is 0 Å². The first kappa shape index (κ1) is 18.4. The van der Waals surface area contributed by atoms with E-state index in [1.54, 1.807) is 18.2 Å². The molecule has 0 saturated heterocycles. The fraction of sp³-hybridized carbons (Fsp3) is 0.130. The maximum atomic E-state index is 11.7. The van der Waals surface area contributed by atoms with Gasteiger partial charge in [0, 0.05) is 12.8 Å². The summed E-state index contributed by atoms with van der Waals surface area (Å²) in [6.45, 7) is 0.673. The van der Waals surface area contributed by atoms with Gasteiger partial charge in [-0.05, 0) is 59.0 Å². The van der Waals surface area contributed by atoms with Crippen molar-refractivity contribution in [3.05, 3.63) is 89.5 Å². The van der Waals surface area contributed by atoms with E-state index in [-0.39, 0.29) is 11.7 Å². The van der Waals surface area contributed by atoms with Crippen LogP contribution in [0.5, 0.6) is 5.75 Å². The highest BCUT2D eigenvalue weighted by Gasteiger charge is 2.06. The summed E-state index contributed by atoms with van der Waals surface area (Å²) in [5.74, 6) is -0.0702. The van der Waals surface area contributed by atoms with Crippen LogP contribution >= 0.6 is 0 Å². The normalized spacial score (nSPS) is 10.9. The number of carbonyl (C=O) groups is 1. The maximum Gasteiger partial charge on any atom is 0.337 e. The standard InChI is InChI=1S/C23H21NO3/c1-27-23(26)21-7-3-6-20(15-21)19-5-2-4-18(14-19)16-24-13-12-17-8-10-22(25)11-9-17/h2-11,14-16,25H,12-13H2,1H3. The summed E-state index contributed by atoms with van der Waals surface area (Å²) in [5.41, 5.74) is 4.64. The lowest BCUT2D eigenvalue weighted by atomic mass is 10.0. The van der Waals surface area contributed by atoms with E-state index in [0.29, 0.717) is 12.1 Å². The molecule has 0 unspecified atom stereocenters. The van der Waals surface area contributed by atoms with Crippen molar-refractivity contribution in [2.75, 3.05) is 13.7 Å². The van der Waals surface area contributed by atoms with E-state index >= 15 is 0 Å². The molecule has 1 N–H and O–H groups in total. The van der Waals surface area contributed by atoms with Gasteiger partial charge in [-0.15, -0.1) is 0 Å². The van der Waals surface area contributed by atoms with Gasteiger partial charge in [0.2, 0.25) is 0 Å². The number of aliphatic imine (C=N–C) groups is 1. The van der Waals surface area contributed by atoms with Gasteiger partial charge < -0.3 is 9.84 Å². The van der Waals surface area contributed by atoms with Gasteiger partial charge in [0.15, 0.2) is 0 Å². The Hall–Kier alpha value is -3.40. The summed E-state index contributed by atoms with van der Waals surface area (Å²) >= 11 is 0. The van der Waals surface area contributed by atoms with Gasteiger partial charge >= 0.3 is 5.97 Å². The smallest absolute Gasteiger partial charge is 0.337 e. The average molecular weight is 359 g/mol. The van der Waals surface area contributed by atoms with Crippen LogP contribution in [0.3, 0.4) is 0 Å². The topological polar surface area (TPSA) is 58.9 Å². The predicted molar refractivity (Wildman–Crippen MR) is 107 cm³/mol. The molecule has 4 heteroatoms. The number of rotatable bonds is 6. The summed E-state index contributed by atoms with van der Waals surface area (Å²) in [4.78, 5) is 16.2. The number of hydrogen-bond donors (Lipinski definition) is 1. The molecule has 0 saturated carbocycles. The molecule has 0 aliphatic rings. The third kappa shape index (κ3) is 5.05. The number of hydrogen-bond acceptors (Lipinski definition) is 4. The van der Waals surface area contributed by atoms with Crippen molar-refractivity contribution in [2.45, 2.75) is 6.42 Å². The number of nitrogens with zero attached hydrogens (tertiary/aromatic N) is 1. The van der Waals surface area contributed by atoms with Crippen LogP contribution in [-0.2, 0) is 11.2 Å². The van der Waals surface area contributed by atoms with Crippen molar-refractivity contribution in [3.63, 3.8) is 0 Å². The molecular weight excluding hydrogens is 338 g/mol. The highest BCUT2D eigenvalue weighted by Crippen LogP contribution is 2.21. The first-order valence-corrected chi connectivity index (χ1v) is 8.72. The van der Waals surface area contributed by atoms with E-state index < -0.39 is 0 Å². The quantitative estimate of drug-likeness (QED) is 0.520. The largest absolute Gasteiger partial charge is 0.508 e. The lowest BCUT2D eigenvalue weighted by molar-refractivity contribution is 0.0601. The van der Waals surface area contributed by atoms with Crippen molar-refractivity contribution in [1.29, 1.82) is 0 Å². The Morgan fingerprint density at radius 1 is 1.00 bits per heavy atom. The fourth-order valence-corrected chi connectivity index (χ4v) is 2.77. The van der Waals surface area contributed by atoms with Crippen molar-refractivity contribution in [3.8, 4) is 16.9 Å². The van der Waals surface area contributed by atoms with E-state index in [4.69, 9.17) is 4.74 Å². The van der Waals surface area contributed by atoms with Crippen LogP contribution in [0.15, 0.2) is 77.8 Å². The highest BCUT2D eigenvalue weighted by atomic mass is 16.5. The molecule has 3 aromatic carbocycles. The summed E-state index contributed by atoms with van der Waals surface area (Å²) in [6, 6.07) is 22.6. The van der Waals surface area contributed by atoms with Crippen LogP contribution in [0, 0.1) is 0 Å². The molecule has 0 atom stereocenters. The predicted octanol–water partition coefficient (Wildman–Crippen LogP) is 4.51. The summed E-state index contributed by atoms with van der Waals surface area (Å²) in [6.07, 6.45) is 2.67. The number of carbonyl (C=O) groups excluding carboxylic acids is 1. The molecule has 3 aromatic rings. The number of ether oxygens (including phenoxy) is 1. The Kier molecular flexibility index (Phi) is 6.00. The molecule has 0 amide bonds. The highest BCUT2D eigenvalue weighted by molar-refractivity contribution is 5.91. The number of benzene rings is 3. The molecule has 0 radical (unpaired) electrons. The zero-order valence-electron chi connectivity index (χ0n) is 15.1. The number of esters is 1. The molecule has 3 rings (SSSR count). The first-order valence-electron chi connectivity index (χ1n) is 8.72. The van der Waals surface area contributed by atoms with Gasteiger partial charge in [-0.25, -0.2) is 4.79 Å². The molecule has 27 heavy (non-hydrogen) atoms. The number of methoxy groups -OCH3 is 1. The average Bonchev–Trinajstić information content (AvgIpc) is 2.72. The Bertz CT molecular complexity index is 946. The minimum absolute atomic E-state index is 0.273. The molecule has 0 aliphatic carbocycles. The minimum Gasteiger partial charge on any atom is -0.508 e. The Morgan fingerprint density at radius 2 is 1.70 bits per heavy atom. The molecule has 0 aromatic heterocycles. The second-order valence-electron chi connectivity index (χ2n) is 6.15. The molecule has 0 fully saturated rings. The first-order chi connectivity index (χ1) is 13.2. The van der Waals surface area contributed by atoms with Gasteiger partial charge in [0.05, 0.1) is 12.7 Å². The van der Waals surface area contributed by atoms with Crippen LogP contribution in [0.4, 0.5) is 0 Å². The second kappa shape index (κ2) is 8.81. The Balaban J connectivity index is 1.68. The zero-order chi connectivity index (χ0) is 19.1. The van der Waals surface area contributed by atoms with E-state index in [0.717, 1.165) is 28.7 Å². The third-order valence-corrected chi connectivity index (χ3v) is 4.21. The van der Waals surface area contributed by atoms with Gasteiger partial charge in [0.1, 0.15) is 5.75 Å². The summed E-state index contributed by atoms with van der Waals surface area (Å²) in [7, 11) is 1.38. The lowest BCUT2D eigenvalue weighted by Gasteiger charge is -2.05. The van der Waals surface area contributed by atoms with Crippen LogP contribution in [-0.4, -0.2) is 30.9 Å². The molecular formula is C23H21NO3. The maximum absolute atomic E-state index is 11.7. The fourth-order valence-electron chi connectivity index (χ4n) is 2.77. The molecule has 4 nitrogen and oxygen atoms in total. The van der Waals surface area contributed by atoms with E-state index in [1.165, 1.54) is 7.11 Å². The van der Waals surface area contributed by atoms with Crippen molar-refractivity contribution in [1.82, 2.24) is 0 Å². The van der Waals surface area contributed by atoms with Crippen LogP contribution < -0.4 is 0 Å². The van der Waals surface area contributed by atoms with E-state index in [2.05, 4.69) is 4.99 Å². The SMILES string of the molecule is COC(=O)c1cccc(-c2cccc(C=NCCc3ccc(O)cc3)c2)c1. The van der Waals surface area contributed by atoms with Crippen molar-refractivity contribution < 1.29 is 14.6 Å². The molecule has 0 heterocycles. The zero-order valence-corrected chi connectivity index (χ0v) is 15.1. The van der Waals surface area contributed by atoms with Crippen molar-refractivity contribution in [2.24, 2.45) is 4.99 Å². The molecule has 0 aliphatic heterocycles. The number of phenols is 1. The van der Waals surface area contributed by atoms with Crippen LogP contribution in [0.1, 0.15) is 21.5 Å². The van der Waals surface area contributed by atoms with Crippen LogP contribution in [0.25, 0.3) is 11.1 Å². The second-order valence-corrected chi connectivity index (χ2v) is 6.15. The Labute approximate surface area is 158 Å². The molecule has 0 bridgehead atoms. The summed E-state index contributed by atoms with van der Waals surface area (Å²) in [5, 5.41) is 9.30. The third-order valence-electron chi connectivity index (χ3n) is 4.21. The van der Waals surface area contributed by atoms with Crippen molar-refractivity contribution >= 4 is 12.2 Å². The van der Waals surface area contributed by atoms with E-state index in [1.807, 2.05) is 60.8 Å². The van der Waals surface area contributed by atoms with Gasteiger partial charge in [0.25, 0.3) is 0 Å². The molecule has 0 spiro atoms. The minimum atomic E-state index is -0.344. The van der Waals surface area contributed by atoms with Gasteiger partial charge in [-0.1, -0.05) is 42.5 Å². The van der Waals surface area contributed by atoms with Gasteiger partial charge in [-0.2, -0.15) is 0 Å². The van der Waals surface area contributed by atoms with Gasteiger partial charge in [-0.3, -0.25) is 4.99 Å². The molecule has 136 valence electrons. The summed E-state index contributed by atoms with van der Waals surface area (Å²) < 4.78 is 4.79. The number of aromatic hydroxyl groups is 1. The van der Waals surface area contributed by atoms with E-state index in [9.17, 15) is 9.90 Å². The lowest BCUT2D eigenvalue weighted by Crippen LogP contribution is -2.00. The Morgan fingerprint density at radius 3 is 2.44 bits per heavy atom.